The fourth-order valence-electron chi connectivity index (χ4n) is 5.05. The fraction of sp³-hybridized carbons (Fsp3) is 0.625. The van der Waals surface area contributed by atoms with E-state index in [0.717, 1.165) is 44.6 Å². The van der Waals surface area contributed by atoms with E-state index in [9.17, 15) is 4.79 Å². The van der Waals surface area contributed by atoms with Crippen LogP contribution in [-0.4, -0.2) is 37.3 Å². The van der Waals surface area contributed by atoms with E-state index < -0.39 is 0 Å². The van der Waals surface area contributed by atoms with Crippen molar-refractivity contribution in [3.8, 4) is 0 Å². The highest BCUT2D eigenvalue weighted by Crippen LogP contribution is 2.29. The summed E-state index contributed by atoms with van der Waals surface area (Å²) in [5.41, 5.74) is 3.16. The molecule has 2 heterocycles. The van der Waals surface area contributed by atoms with E-state index in [1.807, 2.05) is 12.1 Å². The minimum absolute atomic E-state index is 0. The zero-order valence-electron chi connectivity index (χ0n) is 18.1. The molecule has 5 nitrogen and oxygen atoms in total. The number of methoxy groups -OCH3 is 1. The number of benzene rings is 1. The van der Waals surface area contributed by atoms with Crippen LogP contribution >= 0.6 is 12.4 Å². The lowest BCUT2D eigenvalue weighted by atomic mass is 9.89. The van der Waals surface area contributed by atoms with Gasteiger partial charge in [0.15, 0.2) is 0 Å². The second-order valence-corrected chi connectivity index (χ2v) is 8.86. The molecular formula is C24H36ClN3O2. The summed E-state index contributed by atoms with van der Waals surface area (Å²) in [5, 5.41) is 8.30. The van der Waals surface area contributed by atoms with Crippen LogP contribution in [0.5, 0.6) is 0 Å². The first-order valence-electron chi connectivity index (χ1n) is 11.4. The molecule has 1 aliphatic carbocycles. The highest BCUT2D eigenvalue weighted by atomic mass is 35.5. The minimum Gasteiger partial charge on any atom is -0.465 e. The average molecular weight is 434 g/mol. The van der Waals surface area contributed by atoms with Crippen LogP contribution in [-0.2, 0) is 17.8 Å². The summed E-state index contributed by atoms with van der Waals surface area (Å²) >= 11 is 0. The number of carbonyl (C=O) groups excluding carboxylic acids is 1. The number of hydrogen-bond acceptors (Lipinski definition) is 4. The monoisotopic (exact) mass is 433 g/mol. The Balaban J connectivity index is 0.00000256. The van der Waals surface area contributed by atoms with Gasteiger partial charge in [-0.1, -0.05) is 19.3 Å². The Kier molecular flexibility index (Phi) is 8.61. The van der Waals surface area contributed by atoms with Crippen molar-refractivity contribution in [3.05, 3.63) is 35.5 Å². The summed E-state index contributed by atoms with van der Waals surface area (Å²) in [6, 6.07) is 6.01. The largest absolute Gasteiger partial charge is 0.465 e. The predicted octanol–water partition coefficient (Wildman–Crippen LogP) is 4.52. The quantitative estimate of drug-likeness (QED) is 0.630. The van der Waals surface area contributed by atoms with Crippen molar-refractivity contribution < 1.29 is 9.53 Å². The molecule has 2 aromatic rings. The summed E-state index contributed by atoms with van der Waals surface area (Å²) < 4.78 is 7.37. The molecule has 0 spiro atoms. The maximum atomic E-state index is 12.1. The number of esters is 1. The van der Waals surface area contributed by atoms with Crippen LogP contribution in [0.4, 0.5) is 0 Å². The standard InChI is InChI=1S/C24H35N3O2.ClH/c1-29-24(28)20-7-8-23-22(13-20)21(15-26-14-18-9-11-25-12-10-18)17-27(23)16-19-5-3-2-4-6-19;/h7-8,13,17-19,25-26H,2-6,9-12,14-16H2,1H3;1H. The Morgan fingerprint density at radius 2 is 1.90 bits per heavy atom. The summed E-state index contributed by atoms with van der Waals surface area (Å²) in [7, 11) is 1.45. The van der Waals surface area contributed by atoms with Crippen LogP contribution in [0.1, 0.15) is 60.9 Å². The Bertz CT molecular complexity index is 823. The van der Waals surface area contributed by atoms with Gasteiger partial charge in [-0.25, -0.2) is 4.79 Å². The number of halogens is 1. The molecule has 0 bridgehead atoms. The molecule has 2 N–H and O–H groups in total. The zero-order chi connectivity index (χ0) is 20.1. The van der Waals surface area contributed by atoms with Crippen LogP contribution in [0.25, 0.3) is 10.9 Å². The maximum Gasteiger partial charge on any atom is 0.337 e. The first-order chi connectivity index (χ1) is 14.2. The van der Waals surface area contributed by atoms with Gasteiger partial charge in [0, 0.05) is 30.2 Å². The van der Waals surface area contributed by atoms with Crippen LogP contribution in [0.15, 0.2) is 24.4 Å². The Hall–Kier alpha value is -1.56. The molecule has 166 valence electrons. The molecule has 30 heavy (non-hydrogen) atoms. The molecule has 1 saturated heterocycles. The van der Waals surface area contributed by atoms with Crippen molar-refractivity contribution >= 4 is 29.3 Å². The normalized spacial score (nSPS) is 18.3. The third-order valence-corrected chi connectivity index (χ3v) is 6.77. The van der Waals surface area contributed by atoms with E-state index in [4.69, 9.17) is 4.74 Å². The summed E-state index contributed by atoms with van der Waals surface area (Å²) in [5.74, 6) is 1.27. The first-order valence-corrected chi connectivity index (χ1v) is 11.4. The first kappa shape index (κ1) is 23.1. The van der Waals surface area contributed by atoms with Crippen molar-refractivity contribution in [1.82, 2.24) is 15.2 Å². The van der Waals surface area contributed by atoms with Gasteiger partial charge >= 0.3 is 5.97 Å². The van der Waals surface area contributed by atoms with E-state index in [1.165, 1.54) is 68.5 Å². The highest BCUT2D eigenvalue weighted by Gasteiger charge is 2.18. The molecule has 2 aliphatic rings. The number of nitrogens with zero attached hydrogens (tertiary/aromatic N) is 1. The third kappa shape index (κ3) is 5.57. The number of aromatic nitrogens is 1. The Labute approximate surface area is 186 Å². The Morgan fingerprint density at radius 3 is 2.63 bits per heavy atom. The van der Waals surface area contributed by atoms with Crippen molar-refractivity contribution in [2.24, 2.45) is 11.8 Å². The average Bonchev–Trinajstić information content (AvgIpc) is 3.11. The summed E-state index contributed by atoms with van der Waals surface area (Å²) in [6.07, 6.45) is 11.6. The number of ether oxygens (including phenoxy) is 1. The van der Waals surface area contributed by atoms with Gasteiger partial charge in [-0.2, -0.15) is 0 Å². The van der Waals surface area contributed by atoms with E-state index >= 15 is 0 Å². The van der Waals surface area contributed by atoms with Gasteiger partial charge in [-0.05, 0) is 80.9 Å². The molecule has 1 aromatic carbocycles. The molecule has 0 atom stereocenters. The van der Waals surface area contributed by atoms with Gasteiger partial charge in [-0.3, -0.25) is 0 Å². The van der Waals surface area contributed by atoms with Gasteiger partial charge in [0.2, 0.25) is 0 Å². The van der Waals surface area contributed by atoms with E-state index in [0.29, 0.717) is 5.56 Å². The lowest BCUT2D eigenvalue weighted by molar-refractivity contribution is 0.0601. The lowest BCUT2D eigenvalue weighted by Crippen LogP contribution is -2.33. The number of nitrogens with one attached hydrogen (secondary N) is 2. The molecule has 4 rings (SSSR count). The SMILES string of the molecule is COC(=O)c1ccc2c(c1)c(CNCC1CCNCC1)cn2CC1CCCCC1.Cl. The van der Waals surface area contributed by atoms with Crippen LogP contribution in [0.2, 0.25) is 0 Å². The van der Waals surface area contributed by atoms with Crippen LogP contribution < -0.4 is 10.6 Å². The van der Waals surface area contributed by atoms with Gasteiger partial charge in [0.25, 0.3) is 0 Å². The maximum absolute atomic E-state index is 12.1. The van der Waals surface area contributed by atoms with Gasteiger partial charge in [0.1, 0.15) is 0 Å². The van der Waals surface area contributed by atoms with Gasteiger partial charge in [-0.15, -0.1) is 12.4 Å². The molecule has 2 fully saturated rings. The van der Waals surface area contributed by atoms with E-state index in [2.05, 4.69) is 27.5 Å². The summed E-state index contributed by atoms with van der Waals surface area (Å²) in [6.45, 7) is 5.27. The number of rotatable bonds is 7. The Morgan fingerprint density at radius 1 is 1.13 bits per heavy atom. The highest BCUT2D eigenvalue weighted by molar-refractivity contribution is 5.95. The smallest absolute Gasteiger partial charge is 0.337 e. The summed E-state index contributed by atoms with van der Waals surface area (Å²) in [4.78, 5) is 12.1. The zero-order valence-corrected chi connectivity index (χ0v) is 18.9. The topological polar surface area (TPSA) is 55.3 Å². The van der Waals surface area contributed by atoms with E-state index in [-0.39, 0.29) is 18.4 Å². The molecule has 0 amide bonds. The fourth-order valence-corrected chi connectivity index (χ4v) is 5.05. The molecule has 6 heteroatoms. The second-order valence-electron chi connectivity index (χ2n) is 8.86. The van der Waals surface area contributed by atoms with Crippen molar-refractivity contribution in [2.45, 2.75) is 58.0 Å². The number of piperidine rings is 1. The van der Waals surface area contributed by atoms with Crippen molar-refractivity contribution in [3.63, 3.8) is 0 Å². The number of fused-ring (bicyclic) bond motifs is 1. The van der Waals surface area contributed by atoms with Crippen LogP contribution in [0.3, 0.4) is 0 Å². The van der Waals surface area contributed by atoms with E-state index in [1.54, 1.807) is 0 Å². The van der Waals surface area contributed by atoms with Gasteiger partial charge < -0.3 is 19.9 Å². The van der Waals surface area contributed by atoms with Crippen molar-refractivity contribution in [1.29, 1.82) is 0 Å². The van der Waals surface area contributed by atoms with Gasteiger partial charge in [0.05, 0.1) is 12.7 Å². The second kappa shape index (κ2) is 11.2. The third-order valence-electron chi connectivity index (χ3n) is 6.77. The molecular weight excluding hydrogens is 398 g/mol. The lowest BCUT2D eigenvalue weighted by Gasteiger charge is -2.23. The molecule has 1 aliphatic heterocycles. The molecule has 0 radical (unpaired) electrons. The molecule has 0 unspecified atom stereocenters. The van der Waals surface area contributed by atoms with Crippen LogP contribution in [0, 0.1) is 11.8 Å². The molecule has 1 aromatic heterocycles. The predicted molar refractivity (Wildman–Crippen MR) is 124 cm³/mol. The number of hydrogen-bond donors (Lipinski definition) is 2. The van der Waals surface area contributed by atoms with Crippen molar-refractivity contribution in [2.75, 3.05) is 26.7 Å². The number of carbonyl (C=O) groups is 1. The molecule has 1 saturated carbocycles. The minimum atomic E-state index is -0.263.